The van der Waals surface area contributed by atoms with E-state index in [1.807, 2.05) is 6.07 Å². The minimum Gasteiger partial charge on any atom is -0.383 e. The van der Waals surface area contributed by atoms with Crippen molar-refractivity contribution in [1.82, 2.24) is 10.3 Å². The summed E-state index contributed by atoms with van der Waals surface area (Å²) >= 11 is 0. The lowest BCUT2D eigenvalue weighted by atomic mass is 9.90. The topological polar surface area (TPSA) is 60.2 Å². The Morgan fingerprint density at radius 2 is 2.44 bits per heavy atom. The number of anilines is 1. The van der Waals surface area contributed by atoms with E-state index < -0.39 is 0 Å². The van der Waals surface area contributed by atoms with Gasteiger partial charge in [0.05, 0.1) is 6.61 Å². The smallest absolute Gasteiger partial charge is 0.128 e. The van der Waals surface area contributed by atoms with Gasteiger partial charge in [-0.1, -0.05) is 6.92 Å². The molecule has 0 bridgehead atoms. The summed E-state index contributed by atoms with van der Waals surface area (Å²) in [5.74, 6) is 1.15. The van der Waals surface area contributed by atoms with E-state index in [0.29, 0.717) is 11.7 Å². The van der Waals surface area contributed by atoms with Gasteiger partial charge in [-0.15, -0.1) is 0 Å². The SMILES string of the molecule is CCCNC(c1c(C)ccnc1N)C1CCOC1. The van der Waals surface area contributed by atoms with Gasteiger partial charge in [-0.3, -0.25) is 0 Å². The van der Waals surface area contributed by atoms with Gasteiger partial charge >= 0.3 is 0 Å². The van der Waals surface area contributed by atoms with Gasteiger partial charge in [0.25, 0.3) is 0 Å². The van der Waals surface area contributed by atoms with Crippen molar-refractivity contribution in [2.24, 2.45) is 5.92 Å². The first kappa shape index (κ1) is 13.3. The van der Waals surface area contributed by atoms with Gasteiger partial charge in [0.1, 0.15) is 5.82 Å². The van der Waals surface area contributed by atoms with Gasteiger partial charge < -0.3 is 15.8 Å². The Balaban J connectivity index is 2.26. The van der Waals surface area contributed by atoms with Crippen LogP contribution in [-0.2, 0) is 4.74 Å². The molecule has 0 spiro atoms. The maximum Gasteiger partial charge on any atom is 0.128 e. The molecular weight excluding hydrogens is 226 g/mol. The molecule has 0 saturated carbocycles. The van der Waals surface area contributed by atoms with Crippen molar-refractivity contribution in [3.05, 3.63) is 23.4 Å². The van der Waals surface area contributed by atoms with E-state index in [-0.39, 0.29) is 6.04 Å². The Labute approximate surface area is 109 Å². The van der Waals surface area contributed by atoms with Crippen LogP contribution in [-0.4, -0.2) is 24.7 Å². The summed E-state index contributed by atoms with van der Waals surface area (Å²) in [7, 11) is 0. The molecule has 1 saturated heterocycles. The fraction of sp³-hybridized carbons (Fsp3) is 0.643. The highest BCUT2D eigenvalue weighted by Gasteiger charge is 2.29. The molecule has 1 fully saturated rings. The second-order valence-corrected chi connectivity index (χ2v) is 4.98. The van der Waals surface area contributed by atoms with Gasteiger partial charge in [0.2, 0.25) is 0 Å². The number of hydrogen-bond acceptors (Lipinski definition) is 4. The van der Waals surface area contributed by atoms with Crippen molar-refractivity contribution in [3.63, 3.8) is 0 Å². The van der Waals surface area contributed by atoms with Crippen LogP contribution >= 0.6 is 0 Å². The third kappa shape index (κ3) is 2.82. The predicted octanol–water partition coefficient (Wildman–Crippen LogP) is 2.05. The Morgan fingerprint density at radius 1 is 1.61 bits per heavy atom. The Kier molecular flexibility index (Phi) is 4.55. The molecule has 3 N–H and O–H groups in total. The molecule has 2 unspecified atom stereocenters. The molecule has 1 aromatic rings. The Hall–Kier alpha value is -1.13. The molecule has 1 aromatic heterocycles. The number of rotatable bonds is 5. The van der Waals surface area contributed by atoms with E-state index in [2.05, 4.69) is 24.1 Å². The van der Waals surface area contributed by atoms with Crippen LogP contribution in [0.1, 0.15) is 36.9 Å². The van der Waals surface area contributed by atoms with Gasteiger partial charge in [-0.05, 0) is 37.9 Å². The van der Waals surface area contributed by atoms with Crippen LogP contribution in [0.3, 0.4) is 0 Å². The molecule has 0 aromatic carbocycles. The molecule has 18 heavy (non-hydrogen) atoms. The zero-order valence-corrected chi connectivity index (χ0v) is 11.3. The summed E-state index contributed by atoms with van der Waals surface area (Å²) < 4.78 is 5.52. The van der Waals surface area contributed by atoms with Crippen LogP contribution < -0.4 is 11.1 Å². The Bertz CT molecular complexity index is 368. The lowest BCUT2D eigenvalue weighted by molar-refractivity contribution is 0.176. The first-order valence-corrected chi connectivity index (χ1v) is 6.76. The van der Waals surface area contributed by atoms with E-state index in [1.165, 1.54) is 5.56 Å². The molecular formula is C14H23N3O. The summed E-state index contributed by atoms with van der Waals surface area (Å²) in [4.78, 5) is 4.24. The first-order chi connectivity index (χ1) is 8.74. The quantitative estimate of drug-likeness (QED) is 0.838. The second-order valence-electron chi connectivity index (χ2n) is 4.98. The number of pyridine rings is 1. The molecule has 0 amide bonds. The monoisotopic (exact) mass is 249 g/mol. The zero-order valence-electron chi connectivity index (χ0n) is 11.3. The molecule has 2 atom stereocenters. The average molecular weight is 249 g/mol. The van der Waals surface area contributed by atoms with Crippen LogP contribution in [0.15, 0.2) is 12.3 Å². The summed E-state index contributed by atoms with van der Waals surface area (Å²) in [6, 6.07) is 2.29. The molecule has 4 nitrogen and oxygen atoms in total. The molecule has 2 rings (SSSR count). The fourth-order valence-corrected chi connectivity index (χ4v) is 2.62. The molecule has 1 aliphatic heterocycles. The first-order valence-electron chi connectivity index (χ1n) is 6.76. The molecule has 0 radical (unpaired) electrons. The fourth-order valence-electron chi connectivity index (χ4n) is 2.62. The van der Waals surface area contributed by atoms with Gasteiger partial charge in [0, 0.05) is 30.3 Å². The minimum atomic E-state index is 0.265. The number of aromatic nitrogens is 1. The second kappa shape index (κ2) is 6.16. The third-order valence-electron chi connectivity index (χ3n) is 3.60. The number of nitrogens with zero attached hydrogens (tertiary/aromatic N) is 1. The number of aryl methyl sites for hydroxylation is 1. The van der Waals surface area contributed by atoms with Crippen LogP contribution in [0, 0.1) is 12.8 Å². The third-order valence-corrected chi connectivity index (χ3v) is 3.60. The minimum absolute atomic E-state index is 0.265. The standard InChI is InChI=1S/C14H23N3O/c1-3-6-16-13(11-5-8-18-9-11)12-10(2)4-7-17-14(12)15/h4,7,11,13,16H,3,5-6,8-9H2,1-2H3,(H2,15,17). The number of hydrogen-bond donors (Lipinski definition) is 2. The highest BCUT2D eigenvalue weighted by atomic mass is 16.5. The summed E-state index contributed by atoms with van der Waals surface area (Å²) in [6.45, 7) is 6.94. The maximum atomic E-state index is 6.07. The van der Waals surface area contributed by atoms with Gasteiger partial charge in [0.15, 0.2) is 0 Å². The normalized spacial score (nSPS) is 21.1. The van der Waals surface area contributed by atoms with Gasteiger partial charge in [-0.2, -0.15) is 0 Å². The van der Waals surface area contributed by atoms with E-state index >= 15 is 0 Å². The van der Waals surface area contributed by atoms with E-state index in [4.69, 9.17) is 10.5 Å². The summed E-state index contributed by atoms with van der Waals surface area (Å²) in [5.41, 5.74) is 8.43. The largest absolute Gasteiger partial charge is 0.383 e. The lowest BCUT2D eigenvalue weighted by Crippen LogP contribution is -2.31. The number of nitrogens with one attached hydrogen (secondary N) is 1. The van der Waals surface area contributed by atoms with Crippen LogP contribution in [0.25, 0.3) is 0 Å². The Morgan fingerprint density at radius 3 is 3.06 bits per heavy atom. The molecule has 1 aliphatic rings. The summed E-state index contributed by atoms with van der Waals surface area (Å²) in [6.07, 6.45) is 3.98. The lowest BCUT2D eigenvalue weighted by Gasteiger charge is -2.26. The van der Waals surface area contributed by atoms with Crippen LogP contribution in [0.5, 0.6) is 0 Å². The summed E-state index contributed by atoms with van der Waals surface area (Å²) in [5, 5.41) is 3.61. The predicted molar refractivity (Wildman–Crippen MR) is 73.3 cm³/mol. The van der Waals surface area contributed by atoms with E-state index in [9.17, 15) is 0 Å². The van der Waals surface area contributed by atoms with E-state index in [0.717, 1.165) is 38.2 Å². The van der Waals surface area contributed by atoms with Crippen LogP contribution in [0.2, 0.25) is 0 Å². The highest BCUT2D eigenvalue weighted by Crippen LogP contribution is 2.33. The van der Waals surface area contributed by atoms with Crippen molar-refractivity contribution < 1.29 is 4.74 Å². The van der Waals surface area contributed by atoms with Crippen molar-refractivity contribution >= 4 is 5.82 Å². The van der Waals surface area contributed by atoms with Crippen molar-refractivity contribution in [3.8, 4) is 0 Å². The highest BCUT2D eigenvalue weighted by molar-refractivity contribution is 5.46. The van der Waals surface area contributed by atoms with Crippen molar-refractivity contribution in [2.45, 2.75) is 32.7 Å². The number of ether oxygens (including phenoxy) is 1. The molecule has 2 heterocycles. The maximum absolute atomic E-state index is 6.07. The number of nitrogen functional groups attached to an aromatic ring is 1. The van der Waals surface area contributed by atoms with Crippen molar-refractivity contribution in [1.29, 1.82) is 0 Å². The average Bonchev–Trinajstić information content (AvgIpc) is 2.86. The zero-order chi connectivity index (χ0) is 13.0. The van der Waals surface area contributed by atoms with Crippen molar-refractivity contribution in [2.75, 3.05) is 25.5 Å². The number of nitrogens with two attached hydrogens (primary N) is 1. The van der Waals surface area contributed by atoms with Gasteiger partial charge in [-0.25, -0.2) is 4.98 Å². The molecule has 100 valence electrons. The molecule has 4 heteroatoms. The van der Waals surface area contributed by atoms with E-state index in [1.54, 1.807) is 6.20 Å². The molecule has 0 aliphatic carbocycles. The van der Waals surface area contributed by atoms with Crippen LogP contribution in [0.4, 0.5) is 5.82 Å².